The molecule has 0 saturated carbocycles. The Hall–Kier alpha value is -1.39. The molecule has 0 spiro atoms. The number of hydrogen-bond donors (Lipinski definition) is 1. The Morgan fingerprint density at radius 3 is 2.67 bits per heavy atom. The Labute approximate surface area is 128 Å². The summed E-state index contributed by atoms with van der Waals surface area (Å²) in [6.45, 7) is 7.16. The van der Waals surface area contributed by atoms with Crippen LogP contribution in [0.3, 0.4) is 0 Å². The largest absolute Gasteiger partial charge is 0.330 e. The molecule has 2 aromatic rings. The van der Waals surface area contributed by atoms with Gasteiger partial charge in [0.1, 0.15) is 5.82 Å². The third kappa shape index (κ3) is 3.83. The van der Waals surface area contributed by atoms with Gasteiger partial charge in [0.2, 0.25) is 0 Å². The highest BCUT2D eigenvalue weighted by atomic mass is 15.1. The van der Waals surface area contributed by atoms with E-state index in [2.05, 4.69) is 55.6 Å². The molecule has 4 nitrogen and oxygen atoms in total. The highest BCUT2D eigenvalue weighted by Gasteiger charge is 2.12. The normalized spacial score (nSPS) is 12.0. The van der Waals surface area contributed by atoms with Gasteiger partial charge in [-0.2, -0.15) is 0 Å². The molecule has 21 heavy (non-hydrogen) atoms. The molecule has 4 heteroatoms. The molecular weight excluding hydrogens is 260 g/mol. The number of fused-ring (bicyclic) bond motifs is 1. The van der Waals surface area contributed by atoms with Gasteiger partial charge < -0.3 is 15.2 Å². The van der Waals surface area contributed by atoms with Crippen LogP contribution in [0.4, 0.5) is 0 Å². The Morgan fingerprint density at radius 2 is 2.05 bits per heavy atom. The van der Waals surface area contributed by atoms with Gasteiger partial charge >= 0.3 is 0 Å². The van der Waals surface area contributed by atoms with Crippen molar-refractivity contribution in [2.24, 2.45) is 5.73 Å². The van der Waals surface area contributed by atoms with Gasteiger partial charge in [0.05, 0.1) is 11.0 Å². The van der Waals surface area contributed by atoms with Gasteiger partial charge in [-0.3, -0.25) is 0 Å². The average Bonchev–Trinajstić information content (AvgIpc) is 2.79. The van der Waals surface area contributed by atoms with Crippen molar-refractivity contribution in [1.82, 2.24) is 14.5 Å². The lowest BCUT2D eigenvalue weighted by Gasteiger charge is -2.13. The van der Waals surface area contributed by atoms with E-state index in [1.54, 1.807) is 0 Å². The van der Waals surface area contributed by atoms with Crippen molar-refractivity contribution in [3.8, 4) is 0 Å². The molecule has 0 atom stereocenters. The molecule has 1 aromatic carbocycles. The Morgan fingerprint density at radius 1 is 1.29 bits per heavy atom. The van der Waals surface area contributed by atoms with Crippen LogP contribution >= 0.6 is 0 Å². The van der Waals surface area contributed by atoms with E-state index < -0.39 is 0 Å². The zero-order valence-electron chi connectivity index (χ0n) is 13.8. The third-order valence-electron chi connectivity index (χ3n) is 3.89. The second-order valence-corrected chi connectivity index (χ2v) is 6.28. The maximum Gasteiger partial charge on any atom is 0.109 e. The second-order valence-electron chi connectivity index (χ2n) is 6.28. The summed E-state index contributed by atoms with van der Waals surface area (Å²) in [7, 11) is 4.21. The van der Waals surface area contributed by atoms with Crippen molar-refractivity contribution in [2.45, 2.75) is 39.2 Å². The summed E-state index contributed by atoms with van der Waals surface area (Å²) in [4.78, 5) is 7.07. The minimum atomic E-state index is 0.536. The smallest absolute Gasteiger partial charge is 0.109 e. The number of rotatable bonds is 7. The van der Waals surface area contributed by atoms with E-state index in [1.165, 1.54) is 16.9 Å². The fourth-order valence-electron chi connectivity index (χ4n) is 2.56. The number of hydrogen-bond acceptors (Lipinski definition) is 3. The van der Waals surface area contributed by atoms with Crippen LogP contribution in [0.25, 0.3) is 11.0 Å². The van der Waals surface area contributed by atoms with E-state index in [9.17, 15) is 0 Å². The number of aromatic nitrogens is 2. The molecule has 0 amide bonds. The first kappa shape index (κ1) is 16.0. The third-order valence-corrected chi connectivity index (χ3v) is 3.89. The van der Waals surface area contributed by atoms with Gasteiger partial charge in [-0.05, 0) is 50.7 Å². The minimum absolute atomic E-state index is 0.536. The fourth-order valence-corrected chi connectivity index (χ4v) is 2.56. The van der Waals surface area contributed by atoms with Gasteiger partial charge in [-0.15, -0.1) is 0 Å². The monoisotopic (exact) mass is 288 g/mol. The molecule has 0 aliphatic rings. The van der Waals surface area contributed by atoms with Crippen LogP contribution in [0.2, 0.25) is 0 Å². The highest BCUT2D eigenvalue weighted by molar-refractivity contribution is 5.77. The number of nitrogens with zero attached hydrogens (tertiary/aromatic N) is 3. The maximum atomic E-state index is 5.66. The molecule has 0 unspecified atom stereocenters. The Kier molecular flexibility index (Phi) is 5.37. The van der Waals surface area contributed by atoms with E-state index >= 15 is 0 Å². The molecule has 2 rings (SSSR count). The summed E-state index contributed by atoms with van der Waals surface area (Å²) in [5.41, 5.74) is 9.37. The Bertz CT molecular complexity index is 584. The summed E-state index contributed by atoms with van der Waals surface area (Å²) in [6, 6.07) is 6.69. The van der Waals surface area contributed by atoms with E-state index in [0.717, 1.165) is 31.4 Å². The molecular formula is C17H28N4. The van der Waals surface area contributed by atoms with Crippen molar-refractivity contribution in [1.29, 1.82) is 0 Å². The lowest BCUT2D eigenvalue weighted by Crippen LogP contribution is -2.19. The summed E-state index contributed by atoms with van der Waals surface area (Å²) in [5.74, 6) is 1.70. The highest BCUT2D eigenvalue weighted by Crippen LogP contribution is 2.23. The van der Waals surface area contributed by atoms with Crippen molar-refractivity contribution in [2.75, 3.05) is 27.2 Å². The summed E-state index contributed by atoms with van der Waals surface area (Å²) in [6.07, 6.45) is 1.94. The van der Waals surface area contributed by atoms with Crippen LogP contribution in [-0.4, -0.2) is 41.6 Å². The van der Waals surface area contributed by atoms with Crippen molar-refractivity contribution in [3.05, 3.63) is 29.6 Å². The molecule has 0 aliphatic carbocycles. The van der Waals surface area contributed by atoms with Crippen molar-refractivity contribution < 1.29 is 0 Å². The topological polar surface area (TPSA) is 47.1 Å². The average molecular weight is 288 g/mol. The van der Waals surface area contributed by atoms with E-state index in [4.69, 9.17) is 10.7 Å². The number of aryl methyl sites for hydroxylation is 1. The zero-order valence-corrected chi connectivity index (χ0v) is 13.8. The summed E-state index contributed by atoms with van der Waals surface area (Å²) in [5, 5.41) is 0. The lowest BCUT2D eigenvalue weighted by molar-refractivity contribution is 0.383. The summed E-state index contributed by atoms with van der Waals surface area (Å²) >= 11 is 0. The minimum Gasteiger partial charge on any atom is -0.330 e. The Balaban J connectivity index is 2.39. The number of likely N-dealkylation sites (N-methyl/N-ethyl adjacent to an activating group) is 1. The number of benzene rings is 1. The van der Waals surface area contributed by atoms with E-state index in [0.29, 0.717) is 12.5 Å². The predicted octanol–water partition coefficient (Wildman–Crippen LogP) is 2.61. The lowest BCUT2D eigenvalue weighted by atomic mass is 10.0. The maximum absolute atomic E-state index is 5.66. The van der Waals surface area contributed by atoms with E-state index in [1.807, 2.05) is 0 Å². The van der Waals surface area contributed by atoms with Crippen LogP contribution in [0.15, 0.2) is 18.2 Å². The number of nitrogens with two attached hydrogens (primary N) is 1. The molecule has 0 aliphatic heterocycles. The van der Waals surface area contributed by atoms with Gasteiger partial charge in [0.25, 0.3) is 0 Å². The first-order chi connectivity index (χ1) is 10.0. The number of imidazole rings is 1. The van der Waals surface area contributed by atoms with Crippen molar-refractivity contribution in [3.63, 3.8) is 0 Å². The fraction of sp³-hybridized carbons (Fsp3) is 0.588. The first-order valence-electron chi connectivity index (χ1n) is 7.86. The molecule has 1 aromatic heterocycles. The molecule has 116 valence electrons. The van der Waals surface area contributed by atoms with Gasteiger partial charge in [0, 0.05) is 19.5 Å². The summed E-state index contributed by atoms with van der Waals surface area (Å²) < 4.78 is 2.36. The molecule has 2 N–H and O–H groups in total. The van der Waals surface area contributed by atoms with Crippen molar-refractivity contribution >= 4 is 11.0 Å². The standard InChI is InChI=1S/C17H28N4/c1-13(2)14-7-8-16-15(12-14)19-17(6-5-9-18)21(16)11-10-20(3)4/h7-8,12-13H,5-6,9-11,18H2,1-4H3. The molecule has 0 bridgehead atoms. The van der Waals surface area contributed by atoms with Gasteiger partial charge in [-0.1, -0.05) is 19.9 Å². The second kappa shape index (κ2) is 7.05. The van der Waals surface area contributed by atoms with Crippen LogP contribution in [0.5, 0.6) is 0 Å². The van der Waals surface area contributed by atoms with Crippen LogP contribution < -0.4 is 5.73 Å². The molecule has 0 fully saturated rings. The molecule has 0 saturated heterocycles. The molecule has 0 radical (unpaired) electrons. The molecule has 1 heterocycles. The van der Waals surface area contributed by atoms with Crippen LogP contribution in [0.1, 0.15) is 37.6 Å². The first-order valence-corrected chi connectivity index (χ1v) is 7.86. The van der Waals surface area contributed by atoms with Crippen LogP contribution in [0, 0.1) is 0 Å². The van der Waals surface area contributed by atoms with Gasteiger partial charge in [-0.25, -0.2) is 4.98 Å². The SMILES string of the molecule is CC(C)c1ccc2c(c1)nc(CCCN)n2CCN(C)C. The quantitative estimate of drug-likeness (QED) is 0.852. The van der Waals surface area contributed by atoms with E-state index in [-0.39, 0.29) is 0 Å². The zero-order chi connectivity index (χ0) is 15.4. The predicted molar refractivity (Wildman–Crippen MR) is 89.8 cm³/mol. The van der Waals surface area contributed by atoms with Gasteiger partial charge in [0.15, 0.2) is 0 Å². The van der Waals surface area contributed by atoms with Crippen LogP contribution in [-0.2, 0) is 13.0 Å².